The molecule has 0 aliphatic carbocycles. The van der Waals surface area contributed by atoms with Crippen LogP contribution in [0.25, 0.3) is 0 Å². The molecule has 0 radical (unpaired) electrons. The van der Waals surface area contributed by atoms with Gasteiger partial charge in [-0.25, -0.2) is 4.79 Å². The highest BCUT2D eigenvalue weighted by atomic mass is 16.5. The Labute approximate surface area is 98.5 Å². The fourth-order valence-corrected chi connectivity index (χ4v) is 1.62. The second-order valence-electron chi connectivity index (χ2n) is 4.08. The summed E-state index contributed by atoms with van der Waals surface area (Å²) < 4.78 is 4.81. The molecular weight excluding hydrogens is 204 g/mol. The van der Waals surface area contributed by atoms with Crippen LogP contribution in [-0.4, -0.2) is 24.3 Å². The van der Waals surface area contributed by atoms with E-state index < -0.39 is 0 Å². The van der Waals surface area contributed by atoms with E-state index in [1.165, 1.54) is 12.8 Å². The van der Waals surface area contributed by atoms with Crippen LogP contribution in [0, 0.1) is 5.92 Å². The number of ether oxygens (including phenoxy) is 1. The number of unbranched alkanes of at least 4 members (excludes halogenated alkanes) is 1. The third-order valence-electron chi connectivity index (χ3n) is 2.69. The summed E-state index contributed by atoms with van der Waals surface area (Å²) in [5.74, 6) is 0.151. The summed E-state index contributed by atoms with van der Waals surface area (Å²) in [6.07, 6.45) is 5.28. The molecule has 1 unspecified atom stereocenters. The van der Waals surface area contributed by atoms with E-state index in [0.29, 0.717) is 17.9 Å². The van der Waals surface area contributed by atoms with Crippen LogP contribution in [-0.2, 0) is 9.53 Å². The Bertz CT molecular complexity index is 211. The van der Waals surface area contributed by atoms with Crippen molar-refractivity contribution < 1.29 is 14.6 Å². The van der Waals surface area contributed by atoms with Crippen molar-refractivity contribution in [1.82, 2.24) is 0 Å². The van der Waals surface area contributed by atoms with Crippen molar-refractivity contribution in [3.8, 4) is 0 Å². The van der Waals surface area contributed by atoms with Crippen molar-refractivity contribution in [2.45, 2.75) is 46.0 Å². The molecule has 0 aliphatic heterocycles. The molecule has 0 bridgehead atoms. The van der Waals surface area contributed by atoms with Crippen LogP contribution >= 0.6 is 0 Å². The summed E-state index contributed by atoms with van der Waals surface area (Å²) in [7, 11) is 0. The maximum absolute atomic E-state index is 11.4. The number of aliphatic hydroxyl groups is 1. The largest absolute Gasteiger partial charge is 0.460 e. The third-order valence-corrected chi connectivity index (χ3v) is 2.69. The molecule has 16 heavy (non-hydrogen) atoms. The zero-order valence-electron chi connectivity index (χ0n) is 10.5. The predicted octanol–water partition coefficient (Wildman–Crippen LogP) is 2.68. The van der Waals surface area contributed by atoms with Crippen LogP contribution < -0.4 is 0 Å². The Morgan fingerprint density at radius 3 is 2.62 bits per heavy atom. The molecule has 1 atom stereocenters. The molecule has 3 nitrogen and oxygen atoms in total. The average Bonchev–Trinajstić information content (AvgIpc) is 2.30. The summed E-state index contributed by atoms with van der Waals surface area (Å²) in [4.78, 5) is 11.4. The van der Waals surface area contributed by atoms with Gasteiger partial charge in [0, 0.05) is 5.57 Å². The van der Waals surface area contributed by atoms with Gasteiger partial charge in [-0.05, 0) is 12.3 Å². The van der Waals surface area contributed by atoms with Gasteiger partial charge in [0.15, 0.2) is 0 Å². The first-order valence-corrected chi connectivity index (χ1v) is 6.11. The minimum Gasteiger partial charge on any atom is -0.460 e. The van der Waals surface area contributed by atoms with Crippen LogP contribution in [0.3, 0.4) is 0 Å². The molecule has 3 heteroatoms. The first-order chi connectivity index (χ1) is 7.65. The fraction of sp³-hybridized carbons (Fsp3) is 0.769. The Balaban J connectivity index is 3.93. The first-order valence-electron chi connectivity index (χ1n) is 6.11. The highest BCUT2D eigenvalue weighted by Gasteiger charge is 2.14. The maximum Gasteiger partial charge on any atom is 0.333 e. The van der Waals surface area contributed by atoms with E-state index in [-0.39, 0.29) is 19.2 Å². The van der Waals surface area contributed by atoms with Crippen LogP contribution in [0.1, 0.15) is 46.0 Å². The van der Waals surface area contributed by atoms with Gasteiger partial charge in [-0.3, -0.25) is 0 Å². The van der Waals surface area contributed by atoms with Crippen molar-refractivity contribution in [3.05, 3.63) is 12.2 Å². The summed E-state index contributed by atoms with van der Waals surface area (Å²) in [6.45, 7) is 7.97. The molecule has 0 amide bonds. The summed E-state index contributed by atoms with van der Waals surface area (Å²) >= 11 is 0. The average molecular weight is 228 g/mol. The third kappa shape index (κ3) is 6.62. The molecule has 0 aromatic rings. The van der Waals surface area contributed by atoms with Gasteiger partial charge >= 0.3 is 5.97 Å². The number of aliphatic hydroxyl groups excluding tert-OH is 1. The standard InChI is InChI=1S/C13H24O3/c1-4-6-7-12(5-2)10-11(3)13(15)16-9-8-14/h12,14H,3-10H2,1-2H3. The molecule has 0 saturated carbocycles. The lowest BCUT2D eigenvalue weighted by Gasteiger charge is -2.15. The van der Waals surface area contributed by atoms with Crippen LogP contribution in [0.4, 0.5) is 0 Å². The van der Waals surface area contributed by atoms with Gasteiger partial charge in [-0.2, -0.15) is 0 Å². The number of hydrogen-bond acceptors (Lipinski definition) is 3. The van der Waals surface area contributed by atoms with E-state index in [1.54, 1.807) is 0 Å². The summed E-state index contributed by atoms with van der Waals surface area (Å²) in [5, 5.41) is 8.53. The minimum absolute atomic E-state index is 0.0591. The second kappa shape index (κ2) is 9.40. The lowest BCUT2D eigenvalue weighted by molar-refractivity contribution is -0.140. The van der Waals surface area contributed by atoms with Crippen molar-refractivity contribution in [1.29, 1.82) is 0 Å². The molecule has 0 aliphatic rings. The van der Waals surface area contributed by atoms with E-state index in [2.05, 4.69) is 20.4 Å². The van der Waals surface area contributed by atoms with Gasteiger partial charge < -0.3 is 9.84 Å². The molecule has 0 aromatic heterocycles. The lowest BCUT2D eigenvalue weighted by atomic mass is 9.92. The second-order valence-corrected chi connectivity index (χ2v) is 4.08. The van der Waals surface area contributed by atoms with E-state index >= 15 is 0 Å². The van der Waals surface area contributed by atoms with Gasteiger partial charge in [-0.1, -0.05) is 46.1 Å². The molecule has 94 valence electrons. The predicted molar refractivity (Wildman–Crippen MR) is 65.1 cm³/mol. The number of rotatable bonds is 9. The fourth-order valence-electron chi connectivity index (χ4n) is 1.62. The molecule has 0 heterocycles. The van der Waals surface area contributed by atoms with Crippen molar-refractivity contribution >= 4 is 5.97 Å². The Kier molecular flexibility index (Phi) is 8.91. The Morgan fingerprint density at radius 1 is 1.44 bits per heavy atom. The molecular formula is C13H24O3. The summed E-state index contributed by atoms with van der Waals surface area (Å²) in [6, 6.07) is 0. The van der Waals surface area contributed by atoms with Crippen molar-refractivity contribution in [3.63, 3.8) is 0 Å². The molecule has 0 rings (SSSR count). The number of carbonyl (C=O) groups is 1. The quantitative estimate of drug-likeness (QED) is 0.487. The highest BCUT2D eigenvalue weighted by Crippen LogP contribution is 2.21. The number of esters is 1. The summed E-state index contributed by atoms with van der Waals surface area (Å²) in [5.41, 5.74) is 0.524. The minimum atomic E-state index is -0.371. The molecule has 0 spiro atoms. The molecule has 0 aromatic carbocycles. The lowest BCUT2D eigenvalue weighted by Crippen LogP contribution is -2.13. The topological polar surface area (TPSA) is 46.5 Å². The van der Waals surface area contributed by atoms with Gasteiger partial charge in [0.2, 0.25) is 0 Å². The molecule has 0 saturated heterocycles. The van der Waals surface area contributed by atoms with Gasteiger partial charge in [0.25, 0.3) is 0 Å². The first kappa shape index (κ1) is 15.2. The Morgan fingerprint density at radius 2 is 2.12 bits per heavy atom. The zero-order valence-corrected chi connectivity index (χ0v) is 10.5. The van der Waals surface area contributed by atoms with E-state index in [1.807, 2.05) is 0 Å². The SMILES string of the molecule is C=C(CC(CC)CCCC)C(=O)OCCO. The van der Waals surface area contributed by atoms with Gasteiger partial charge in [-0.15, -0.1) is 0 Å². The Hall–Kier alpha value is -0.830. The van der Waals surface area contributed by atoms with Crippen LogP contribution in [0.5, 0.6) is 0 Å². The van der Waals surface area contributed by atoms with Gasteiger partial charge in [0.05, 0.1) is 6.61 Å². The zero-order chi connectivity index (χ0) is 12.4. The normalized spacial score (nSPS) is 12.2. The number of hydrogen-bond donors (Lipinski definition) is 1. The van der Waals surface area contributed by atoms with Crippen LogP contribution in [0.15, 0.2) is 12.2 Å². The smallest absolute Gasteiger partial charge is 0.333 e. The van der Waals surface area contributed by atoms with E-state index in [0.717, 1.165) is 12.8 Å². The van der Waals surface area contributed by atoms with Gasteiger partial charge in [0.1, 0.15) is 6.61 Å². The van der Waals surface area contributed by atoms with Crippen LogP contribution in [0.2, 0.25) is 0 Å². The number of carbonyl (C=O) groups excluding carboxylic acids is 1. The molecule has 0 fully saturated rings. The van der Waals surface area contributed by atoms with E-state index in [9.17, 15) is 4.79 Å². The monoisotopic (exact) mass is 228 g/mol. The highest BCUT2D eigenvalue weighted by molar-refractivity contribution is 5.87. The van der Waals surface area contributed by atoms with E-state index in [4.69, 9.17) is 9.84 Å². The van der Waals surface area contributed by atoms with Crippen molar-refractivity contribution in [2.24, 2.45) is 5.92 Å². The van der Waals surface area contributed by atoms with Crippen molar-refractivity contribution in [2.75, 3.05) is 13.2 Å². The maximum atomic E-state index is 11.4. The molecule has 1 N–H and O–H groups in total.